The second-order valence-corrected chi connectivity index (χ2v) is 3.48. The van der Waals surface area contributed by atoms with Crippen molar-refractivity contribution >= 4 is 5.97 Å². The Morgan fingerprint density at radius 3 is 2.67 bits per heavy atom. The Morgan fingerprint density at radius 2 is 2.13 bits per heavy atom. The summed E-state index contributed by atoms with van der Waals surface area (Å²) >= 11 is 0. The minimum absolute atomic E-state index is 0.00509. The largest absolute Gasteiger partial charge is 0.478 e. The number of rotatable bonds is 4. The summed E-state index contributed by atoms with van der Waals surface area (Å²) < 4.78 is 13.1. The van der Waals surface area contributed by atoms with E-state index in [1.165, 1.54) is 12.1 Å². The number of carboxylic acid groups (broad SMARTS) is 1. The molecule has 0 aliphatic rings. The third kappa shape index (κ3) is 3.32. The van der Waals surface area contributed by atoms with Crippen LogP contribution < -0.4 is 0 Å². The highest BCUT2D eigenvalue weighted by Crippen LogP contribution is 2.11. The lowest BCUT2D eigenvalue weighted by molar-refractivity contribution is 0.0696. The van der Waals surface area contributed by atoms with Crippen LogP contribution in [0, 0.1) is 5.82 Å². The SMILES string of the molecule is CCN(C)Cc1cc(F)cc(C(=O)O)c1. The van der Waals surface area contributed by atoms with Crippen LogP contribution in [-0.2, 0) is 6.54 Å². The molecule has 0 aliphatic carbocycles. The first-order chi connectivity index (χ1) is 7.02. The van der Waals surface area contributed by atoms with E-state index in [0.29, 0.717) is 12.1 Å². The lowest BCUT2D eigenvalue weighted by Gasteiger charge is -2.14. The molecule has 15 heavy (non-hydrogen) atoms. The highest BCUT2D eigenvalue weighted by atomic mass is 19.1. The smallest absolute Gasteiger partial charge is 0.335 e. The fourth-order valence-corrected chi connectivity index (χ4v) is 1.29. The van der Waals surface area contributed by atoms with Crippen LogP contribution in [-0.4, -0.2) is 29.6 Å². The molecule has 0 heterocycles. The zero-order valence-corrected chi connectivity index (χ0v) is 8.83. The summed E-state index contributed by atoms with van der Waals surface area (Å²) in [4.78, 5) is 12.7. The Kier molecular flexibility index (Phi) is 3.80. The molecule has 0 fully saturated rings. The van der Waals surface area contributed by atoms with Crippen molar-refractivity contribution in [3.05, 3.63) is 35.1 Å². The van der Waals surface area contributed by atoms with Gasteiger partial charge in [0.05, 0.1) is 5.56 Å². The van der Waals surface area contributed by atoms with Gasteiger partial charge in [-0.2, -0.15) is 0 Å². The number of aromatic carboxylic acids is 1. The Labute approximate surface area is 88.1 Å². The number of hydrogen-bond donors (Lipinski definition) is 1. The van der Waals surface area contributed by atoms with Crippen LogP contribution in [0.5, 0.6) is 0 Å². The van der Waals surface area contributed by atoms with Gasteiger partial charge in [0.2, 0.25) is 0 Å². The van der Waals surface area contributed by atoms with Gasteiger partial charge in [-0.15, -0.1) is 0 Å². The molecule has 0 bridgehead atoms. The number of halogens is 1. The fourth-order valence-electron chi connectivity index (χ4n) is 1.29. The third-order valence-electron chi connectivity index (χ3n) is 2.20. The number of carbonyl (C=O) groups is 1. The van der Waals surface area contributed by atoms with Gasteiger partial charge < -0.3 is 10.0 Å². The standard InChI is InChI=1S/C11H14FNO2/c1-3-13(2)7-8-4-9(11(14)15)6-10(12)5-8/h4-6H,3,7H2,1-2H3,(H,14,15). The topological polar surface area (TPSA) is 40.5 Å². The summed E-state index contributed by atoms with van der Waals surface area (Å²) in [6.45, 7) is 3.37. The van der Waals surface area contributed by atoms with E-state index in [2.05, 4.69) is 0 Å². The minimum atomic E-state index is -1.10. The summed E-state index contributed by atoms with van der Waals surface area (Å²) in [6.07, 6.45) is 0. The summed E-state index contributed by atoms with van der Waals surface area (Å²) in [5.41, 5.74) is 0.672. The van der Waals surface area contributed by atoms with Crippen LogP contribution in [0.3, 0.4) is 0 Å². The molecule has 0 saturated heterocycles. The van der Waals surface area contributed by atoms with Crippen LogP contribution in [0.2, 0.25) is 0 Å². The zero-order chi connectivity index (χ0) is 11.4. The highest BCUT2D eigenvalue weighted by Gasteiger charge is 2.07. The van der Waals surface area contributed by atoms with E-state index in [0.717, 1.165) is 12.6 Å². The number of benzene rings is 1. The normalized spacial score (nSPS) is 10.7. The van der Waals surface area contributed by atoms with Crippen molar-refractivity contribution in [1.82, 2.24) is 4.90 Å². The van der Waals surface area contributed by atoms with Crippen LogP contribution in [0.15, 0.2) is 18.2 Å². The van der Waals surface area contributed by atoms with Gasteiger partial charge in [-0.3, -0.25) is 0 Å². The molecule has 4 heteroatoms. The quantitative estimate of drug-likeness (QED) is 0.827. The predicted octanol–water partition coefficient (Wildman–Crippen LogP) is 1.98. The van der Waals surface area contributed by atoms with Gasteiger partial charge >= 0.3 is 5.97 Å². The van der Waals surface area contributed by atoms with Gasteiger partial charge in [0.25, 0.3) is 0 Å². The molecule has 0 amide bonds. The van der Waals surface area contributed by atoms with Gasteiger partial charge in [-0.1, -0.05) is 6.92 Å². The van der Waals surface area contributed by atoms with Crippen LogP contribution in [0.1, 0.15) is 22.8 Å². The van der Waals surface area contributed by atoms with Crippen molar-refractivity contribution in [1.29, 1.82) is 0 Å². The van der Waals surface area contributed by atoms with E-state index < -0.39 is 11.8 Å². The first-order valence-corrected chi connectivity index (χ1v) is 4.74. The van der Waals surface area contributed by atoms with E-state index >= 15 is 0 Å². The van der Waals surface area contributed by atoms with Gasteiger partial charge in [-0.25, -0.2) is 9.18 Å². The molecule has 82 valence electrons. The Bertz CT molecular complexity index is 366. The molecule has 3 nitrogen and oxygen atoms in total. The van der Waals surface area contributed by atoms with Crippen molar-refractivity contribution in [3.63, 3.8) is 0 Å². The highest BCUT2D eigenvalue weighted by molar-refractivity contribution is 5.87. The molecular weight excluding hydrogens is 197 g/mol. The molecule has 1 aromatic carbocycles. The fraction of sp³-hybridized carbons (Fsp3) is 0.364. The summed E-state index contributed by atoms with van der Waals surface area (Å²) in [7, 11) is 1.89. The molecule has 0 radical (unpaired) electrons. The summed E-state index contributed by atoms with van der Waals surface area (Å²) in [6, 6.07) is 3.88. The minimum Gasteiger partial charge on any atom is -0.478 e. The lowest BCUT2D eigenvalue weighted by atomic mass is 10.1. The third-order valence-corrected chi connectivity index (χ3v) is 2.20. The van der Waals surface area contributed by atoms with E-state index in [-0.39, 0.29) is 5.56 Å². The van der Waals surface area contributed by atoms with Crippen molar-refractivity contribution < 1.29 is 14.3 Å². The molecule has 1 aromatic rings. The maximum Gasteiger partial charge on any atom is 0.335 e. The first kappa shape index (κ1) is 11.7. The second-order valence-electron chi connectivity index (χ2n) is 3.48. The molecule has 0 aliphatic heterocycles. The van der Waals surface area contributed by atoms with E-state index in [4.69, 9.17) is 5.11 Å². The first-order valence-electron chi connectivity index (χ1n) is 4.74. The summed E-state index contributed by atoms with van der Waals surface area (Å²) in [5.74, 6) is -1.61. The van der Waals surface area contributed by atoms with Crippen molar-refractivity contribution in [3.8, 4) is 0 Å². The number of carboxylic acids is 1. The zero-order valence-electron chi connectivity index (χ0n) is 8.83. The Hall–Kier alpha value is -1.42. The molecular formula is C11H14FNO2. The molecule has 0 saturated carbocycles. The molecule has 0 unspecified atom stereocenters. The van der Waals surface area contributed by atoms with E-state index in [1.807, 2.05) is 18.9 Å². The molecule has 0 aromatic heterocycles. The van der Waals surface area contributed by atoms with Crippen molar-refractivity contribution in [2.24, 2.45) is 0 Å². The second kappa shape index (κ2) is 4.89. The van der Waals surface area contributed by atoms with Gasteiger partial charge in [0.1, 0.15) is 5.82 Å². The van der Waals surface area contributed by atoms with Crippen LogP contribution >= 0.6 is 0 Å². The van der Waals surface area contributed by atoms with Gasteiger partial charge in [0, 0.05) is 6.54 Å². The maximum absolute atomic E-state index is 13.1. The Morgan fingerprint density at radius 1 is 1.47 bits per heavy atom. The average molecular weight is 211 g/mol. The number of hydrogen-bond acceptors (Lipinski definition) is 2. The van der Waals surface area contributed by atoms with Gasteiger partial charge in [0.15, 0.2) is 0 Å². The monoisotopic (exact) mass is 211 g/mol. The lowest BCUT2D eigenvalue weighted by Crippen LogP contribution is -2.17. The molecule has 0 atom stereocenters. The molecule has 1 rings (SSSR count). The summed E-state index contributed by atoms with van der Waals surface area (Å²) in [5, 5.41) is 8.74. The van der Waals surface area contributed by atoms with Crippen molar-refractivity contribution in [2.75, 3.05) is 13.6 Å². The van der Waals surface area contributed by atoms with Crippen LogP contribution in [0.4, 0.5) is 4.39 Å². The van der Waals surface area contributed by atoms with E-state index in [9.17, 15) is 9.18 Å². The van der Waals surface area contributed by atoms with Crippen LogP contribution in [0.25, 0.3) is 0 Å². The Balaban J connectivity index is 2.93. The number of nitrogens with zero attached hydrogens (tertiary/aromatic N) is 1. The van der Waals surface area contributed by atoms with Gasteiger partial charge in [-0.05, 0) is 37.4 Å². The van der Waals surface area contributed by atoms with Crippen molar-refractivity contribution in [2.45, 2.75) is 13.5 Å². The average Bonchev–Trinajstić information content (AvgIpc) is 2.16. The van der Waals surface area contributed by atoms with E-state index in [1.54, 1.807) is 0 Å². The molecule has 0 spiro atoms. The predicted molar refractivity (Wildman–Crippen MR) is 55.4 cm³/mol. The molecule has 1 N–H and O–H groups in total. The maximum atomic E-state index is 13.1.